The van der Waals surface area contributed by atoms with E-state index in [1.54, 1.807) is 11.8 Å². The number of nitrogen functional groups attached to an aromatic ring is 1. The van der Waals surface area contributed by atoms with E-state index in [0.29, 0.717) is 17.7 Å². The highest BCUT2D eigenvalue weighted by atomic mass is 35.5. The molecule has 0 bridgehead atoms. The molecular formula is C14H13ClN6O2. The van der Waals surface area contributed by atoms with E-state index in [2.05, 4.69) is 15.0 Å². The van der Waals surface area contributed by atoms with Gasteiger partial charge in [0.25, 0.3) is 0 Å². The van der Waals surface area contributed by atoms with Crippen LogP contribution in [0.1, 0.15) is 11.1 Å². The van der Waals surface area contributed by atoms with E-state index >= 15 is 0 Å². The summed E-state index contributed by atoms with van der Waals surface area (Å²) in [5.41, 5.74) is 10.1. The molecule has 2 heterocycles. The maximum absolute atomic E-state index is 11.1. The van der Waals surface area contributed by atoms with Crippen LogP contribution in [-0.4, -0.2) is 30.6 Å². The summed E-state index contributed by atoms with van der Waals surface area (Å²) in [6.45, 7) is 0.524. The number of carbonyl (C=O) groups excluding carboxylic acids is 1. The average Bonchev–Trinajstić information content (AvgIpc) is 2.92. The Hall–Kier alpha value is -2.71. The van der Waals surface area contributed by atoms with Crippen molar-refractivity contribution in [3.63, 3.8) is 0 Å². The second-order valence-electron chi connectivity index (χ2n) is 4.95. The molecule has 9 heteroatoms. The monoisotopic (exact) mass is 332 g/mol. The van der Waals surface area contributed by atoms with Crippen LogP contribution in [0, 0.1) is 0 Å². The number of nitrogens with two attached hydrogens (primary N) is 1. The number of fused-ring (bicyclic) bond motifs is 1. The lowest BCUT2D eigenvalue weighted by molar-refractivity contribution is -0.128. The molecule has 0 aliphatic rings. The summed E-state index contributed by atoms with van der Waals surface area (Å²) >= 11 is 6.00. The standard InChI is InChI=1S/C14H13ClN6O2/c15-12-11-13(19-14(16)18-12)21(7-17-11)6-9-3-1-8(2-4-9)5-10(22)20-23/h1-4,7,23H,5-6H2,(H,20,22)(H2,16,18,19). The Balaban J connectivity index is 1.83. The number of halogens is 1. The van der Waals surface area contributed by atoms with E-state index in [1.165, 1.54) is 0 Å². The highest BCUT2D eigenvalue weighted by Gasteiger charge is 2.11. The Kier molecular flexibility index (Phi) is 4.09. The summed E-state index contributed by atoms with van der Waals surface area (Å²) in [5, 5.41) is 8.74. The fraction of sp³-hybridized carbons (Fsp3) is 0.143. The minimum absolute atomic E-state index is 0.0922. The Morgan fingerprint density at radius 2 is 1.96 bits per heavy atom. The molecule has 0 aliphatic heterocycles. The Labute approximate surface area is 135 Å². The second kappa shape index (κ2) is 6.19. The van der Waals surface area contributed by atoms with Gasteiger partial charge in [-0.05, 0) is 11.1 Å². The fourth-order valence-electron chi connectivity index (χ4n) is 2.23. The van der Waals surface area contributed by atoms with Crippen LogP contribution >= 0.6 is 11.6 Å². The molecule has 1 aromatic carbocycles. The Morgan fingerprint density at radius 3 is 2.65 bits per heavy atom. The summed E-state index contributed by atoms with van der Waals surface area (Å²) < 4.78 is 1.81. The van der Waals surface area contributed by atoms with E-state index < -0.39 is 5.91 Å². The molecule has 0 spiro atoms. The van der Waals surface area contributed by atoms with Crippen molar-refractivity contribution in [3.8, 4) is 0 Å². The molecule has 0 unspecified atom stereocenters. The van der Waals surface area contributed by atoms with Crippen molar-refractivity contribution in [1.29, 1.82) is 0 Å². The first-order valence-electron chi connectivity index (χ1n) is 6.71. The number of anilines is 1. The molecule has 23 heavy (non-hydrogen) atoms. The molecule has 0 aliphatic carbocycles. The van der Waals surface area contributed by atoms with Gasteiger partial charge in [0.05, 0.1) is 19.3 Å². The number of benzene rings is 1. The zero-order valence-electron chi connectivity index (χ0n) is 11.9. The highest BCUT2D eigenvalue weighted by molar-refractivity contribution is 6.33. The number of nitrogens with one attached hydrogen (secondary N) is 1. The van der Waals surface area contributed by atoms with E-state index in [-0.39, 0.29) is 17.5 Å². The van der Waals surface area contributed by atoms with Crippen molar-refractivity contribution >= 4 is 34.6 Å². The number of hydrogen-bond acceptors (Lipinski definition) is 6. The Morgan fingerprint density at radius 1 is 1.26 bits per heavy atom. The molecule has 1 amide bonds. The van der Waals surface area contributed by atoms with Crippen molar-refractivity contribution in [1.82, 2.24) is 25.0 Å². The first-order valence-corrected chi connectivity index (χ1v) is 7.09. The zero-order chi connectivity index (χ0) is 16.4. The number of carbonyl (C=O) groups is 1. The molecule has 0 fully saturated rings. The average molecular weight is 333 g/mol. The van der Waals surface area contributed by atoms with E-state index in [9.17, 15) is 4.79 Å². The molecule has 8 nitrogen and oxygen atoms in total. The van der Waals surface area contributed by atoms with Gasteiger partial charge in [-0.2, -0.15) is 9.97 Å². The van der Waals surface area contributed by atoms with Crippen molar-refractivity contribution in [2.45, 2.75) is 13.0 Å². The van der Waals surface area contributed by atoms with Gasteiger partial charge in [0.2, 0.25) is 11.9 Å². The van der Waals surface area contributed by atoms with Gasteiger partial charge < -0.3 is 10.3 Å². The fourth-order valence-corrected chi connectivity index (χ4v) is 2.45. The van der Waals surface area contributed by atoms with Crippen molar-refractivity contribution in [3.05, 3.63) is 46.9 Å². The van der Waals surface area contributed by atoms with Crippen LogP contribution in [0.25, 0.3) is 11.2 Å². The molecule has 0 saturated heterocycles. The molecule has 0 saturated carbocycles. The lowest BCUT2D eigenvalue weighted by Gasteiger charge is -2.06. The number of aromatic nitrogens is 4. The third-order valence-corrected chi connectivity index (χ3v) is 3.57. The highest BCUT2D eigenvalue weighted by Crippen LogP contribution is 2.20. The van der Waals surface area contributed by atoms with Gasteiger partial charge in [-0.3, -0.25) is 10.0 Å². The maximum atomic E-state index is 11.1. The molecular weight excluding hydrogens is 320 g/mol. The smallest absolute Gasteiger partial charge is 0.247 e. The van der Waals surface area contributed by atoms with Gasteiger partial charge in [0.15, 0.2) is 10.8 Å². The first kappa shape index (κ1) is 15.2. The number of imidazole rings is 1. The Bertz CT molecular complexity index is 862. The number of hydrogen-bond donors (Lipinski definition) is 3. The largest absolute Gasteiger partial charge is 0.368 e. The molecule has 3 rings (SSSR count). The van der Waals surface area contributed by atoms with Gasteiger partial charge in [-0.1, -0.05) is 35.9 Å². The normalized spacial score (nSPS) is 10.9. The van der Waals surface area contributed by atoms with Crippen LogP contribution in [0.15, 0.2) is 30.6 Å². The van der Waals surface area contributed by atoms with E-state index in [1.807, 2.05) is 28.8 Å². The third kappa shape index (κ3) is 3.22. The van der Waals surface area contributed by atoms with Crippen LogP contribution in [0.3, 0.4) is 0 Å². The zero-order valence-corrected chi connectivity index (χ0v) is 12.7. The predicted octanol–water partition coefficient (Wildman–Crippen LogP) is 1.16. The summed E-state index contributed by atoms with van der Waals surface area (Å²) in [4.78, 5) is 23.3. The minimum atomic E-state index is -0.458. The van der Waals surface area contributed by atoms with E-state index in [0.717, 1.165) is 11.1 Å². The summed E-state index contributed by atoms with van der Waals surface area (Å²) in [6, 6.07) is 7.41. The predicted molar refractivity (Wildman–Crippen MR) is 83.9 cm³/mol. The van der Waals surface area contributed by atoms with Crippen LogP contribution in [0.4, 0.5) is 5.95 Å². The van der Waals surface area contributed by atoms with Gasteiger partial charge in [0.1, 0.15) is 5.52 Å². The minimum Gasteiger partial charge on any atom is -0.368 e. The molecule has 0 atom stereocenters. The molecule has 2 aromatic heterocycles. The number of rotatable bonds is 4. The van der Waals surface area contributed by atoms with E-state index in [4.69, 9.17) is 22.5 Å². The summed E-state index contributed by atoms with van der Waals surface area (Å²) in [5.74, 6) is -0.366. The molecule has 0 radical (unpaired) electrons. The topological polar surface area (TPSA) is 119 Å². The molecule has 118 valence electrons. The quantitative estimate of drug-likeness (QED) is 0.375. The van der Waals surface area contributed by atoms with Crippen LogP contribution in [0.2, 0.25) is 5.15 Å². The summed E-state index contributed by atoms with van der Waals surface area (Å²) in [7, 11) is 0. The number of nitrogens with zero attached hydrogens (tertiary/aromatic N) is 4. The van der Waals surface area contributed by atoms with Crippen molar-refractivity contribution in [2.75, 3.05) is 5.73 Å². The van der Waals surface area contributed by atoms with Crippen molar-refractivity contribution in [2.24, 2.45) is 0 Å². The van der Waals surface area contributed by atoms with Crippen LogP contribution in [-0.2, 0) is 17.8 Å². The van der Waals surface area contributed by atoms with Crippen LogP contribution < -0.4 is 11.2 Å². The number of hydroxylamine groups is 1. The first-order chi connectivity index (χ1) is 11.1. The van der Waals surface area contributed by atoms with Crippen molar-refractivity contribution < 1.29 is 10.0 Å². The molecule has 4 N–H and O–H groups in total. The number of amides is 1. The lowest BCUT2D eigenvalue weighted by atomic mass is 10.1. The SMILES string of the molecule is Nc1nc(Cl)c2ncn(Cc3ccc(CC(=O)NO)cc3)c2n1. The lowest BCUT2D eigenvalue weighted by Crippen LogP contribution is -2.20. The van der Waals surface area contributed by atoms with Crippen LogP contribution in [0.5, 0.6) is 0 Å². The third-order valence-electron chi connectivity index (χ3n) is 3.30. The van der Waals surface area contributed by atoms with Gasteiger partial charge in [-0.15, -0.1) is 0 Å². The summed E-state index contributed by atoms with van der Waals surface area (Å²) in [6.07, 6.45) is 1.74. The second-order valence-corrected chi connectivity index (χ2v) is 5.30. The van der Waals surface area contributed by atoms with Gasteiger partial charge in [0, 0.05) is 0 Å². The maximum Gasteiger partial charge on any atom is 0.247 e. The van der Waals surface area contributed by atoms with Gasteiger partial charge in [-0.25, -0.2) is 10.5 Å². The molecule has 3 aromatic rings. The van der Waals surface area contributed by atoms with Gasteiger partial charge >= 0.3 is 0 Å².